The largest absolute Gasteiger partial charge is 0.465 e. The highest BCUT2D eigenvalue weighted by Crippen LogP contribution is 2.10. The molecular weight excluding hydrogens is 214 g/mol. The zero-order chi connectivity index (χ0) is 11.7. The minimum absolute atomic E-state index is 0.236. The second-order valence-electron chi connectivity index (χ2n) is 3.74. The molecule has 1 aliphatic heterocycles. The standard InChI is InChI=1S/C14H9NO2/c16-14-11(9-12-5-3-7-17-12)8-10-4-1-2-6-13(10)15-14/h1-9H. The van der Waals surface area contributed by atoms with Crippen molar-refractivity contribution in [1.29, 1.82) is 0 Å². The van der Waals surface area contributed by atoms with Crippen molar-refractivity contribution in [2.45, 2.75) is 0 Å². The number of nitrogens with zero attached hydrogens (tertiary/aromatic N) is 1. The molecule has 0 atom stereocenters. The van der Waals surface area contributed by atoms with Gasteiger partial charge in [0, 0.05) is 10.8 Å². The minimum atomic E-state index is -0.236. The number of hydrogen-bond donors (Lipinski definition) is 0. The van der Waals surface area contributed by atoms with Crippen LogP contribution in [0.1, 0.15) is 5.76 Å². The quantitative estimate of drug-likeness (QED) is 0.684. The molecule has 1 aromatic carbocycles. The van der Waals surface area contributed by atoms with Gasteiger partial charge in [0.2, 0.25) is 0 Å². The first-order valence-corrected chi connectivity index (χ1v) is 5.28. The van der Waals surface area contributed by atoms with Gasteiger partial charge in [-0.3, -0.25) is 4.79 Å². The van der Waals surface area contributed by atoms with E-state index in [1.165, 1.54) is 0 Å². The lowest BCUT2D eigenvalue weighted by Crippen LogP contribution is -2.29. The minimum Gasteiger partial charge on any atom is -0.465 e. The van der Waals surface area contributed by atoms with E-state index in [0.29, 0.717) is 16.7 Å². The van der Waals surface area contributed by atoms with Crippen LogP contribution in [0.25, 0.3) is 12.2 Å². The van der Waals surface area contributed by atoms with Crippen LogP contribution in [0.2, 0.25) is 0 Å². The second kappa shape index (κ2) is 3.87. The Morgan fingerprint density at radius 1 is 1.12 bits per heavy atom. The summed E-state index contributed by atoms with van der Waals surface area (Å²) in [7, 11) is 0. The fourth-order valence-corrected chi connectivity index (χ4v) is 1.74. The molecule has 0 bridgehead atoms. The van der Waals surface area contributed by atoms with E-state index in [0.717, 1.165) is 5.22 Å². The molecule has 1 aromatic heterocycles. The molecule has 3 rings (SSSR count). The van der Waals surface area contributed by atoms with Gasteiger partial charge in [-0.05, 0) is 30.4 Å². The molecule has 0 fully saturated rings. The molecule has 1 amide bonds. The van der Waals surface area contributed by atoms with E-state index >= 15 is 0 Å². The van der Waals surface area contributed by atoms with Crippen LogP contribution in [0.15, 0.2) is 57.6 Å². The molecular formula is C14H9NO2. The first kappa shape index (κ1) is 9.78. The van der Waals surface area contributed by atoms with E-state index in [9.17, 15) is 4.79 Å². The number of furan rings is 1. The molecule has 2 heterocycles. The third-order valence-corrected chi connectivity index (χ3v) is 2.56. The van der Waals surface area contributed by atoms with Gasteiger partial charge in [0.1, 0.15) is 5.76 Å². The number of carbonyl (C=O) groups is 1. The van der Waals surface area contributed by atoms with E-state index in [-0.39, 0.29) is 5.91 Å². The molecule has 0 spiro atoms. The molecule has 3 heteroatoms. The average Bonchev–Trinajstić information content (AvgIpc) is 2.83. The summed E-state index contributed by atoms with van der Waals surface area (Å²) in [5, 5.41) is 1.67. The molecule has 17 heavy (non-hydrogen) atoms. The lowest BCUT2D eigenvalue weighted by atomic mass is 10.1. The van der Waals surface area contributed by atoms with Crippen LogP contribution in [0.4, 0.5) is 0 Å². The van der Waals surface area contributed by atoms with Crippen molar-refractivity contribution in [1.82, 2.24) is 0 Å². The van der Waals surface area contributed by atoms with Crippen LogP contribution in [0.5, 0.6) is 0 Å². The average molecular weight is 223 g/mol. The maximum Gasteiger partial charge on any atom is 0.277 e. The summed E-state index contributed by atoms with van der Waals surface area (Å²) in [5.74, 6) is 0.416. The van der Waals surface area contributed by atoms with E-state index < -0.39 is 0 Å². The monoisotopic (exact) mass is 223 g/mol. The molecule has 0 saturated heterocycles. The highest BCUT2D eigenvalue weighted by molar-refractivity contribution is 6.06. The summed E-state index contributed by atoms with van der Waals surface area (Å²) in [6.07, 6.45) is 5.10. The van der Waals surface area contributed by atoms with E-state index in [1.807, 2.05) is 30.3 Å². The van der Waals surface area contributed by atoms with Crippen molar-refractivity contribution >= 4 is 18.1 Å². The molecule has 0 saturated carbocycles. The summed E-state index contributed by atoms with van der Waals surface area (Å²) >= 11 is 0. The number of carbonyl (C=O) groups excluding carboxylic acids is 1. The van der Waals surface area contributed by atoms with Gasteiger partial charge in [0.15, 0.2) is 0 Å². The first-order valence-electron chi connectivity index (χ1n) is 5.28. The van der Waals surface area contributed by atoms with Gasteiger partial charge in [0.05, 0.1) is 11.6 Å². The zero-order valence-electron chi connectivity index (χ0n) is 8.96. The summed E-state index contributed by atoms with van der Waals surface area (Å²) in [4.78, 5) is 15.8. The van der Waals surface area contributed by atoms with Crippen molar-refractivity contribution in [2.75, 3.05) is 0 Å². The maximum absolute atomic E-state index is 11.8. The Morgan fingerprint density at radius 2 is 2.00 bits per heavy atom. The van der Waals surface area contributed by atoms with Gasteiger partial charge in [-0.2, -0.15) is 0 Å². The Balaban J connectivity index is 2.17. The summed E-state index contributed by atoms with van der Waals surface area (Å²) in [6, 6.07) is 11.1. The Morgan fingerprint density at radius 3 is 2.82 bits per heavy atom. The molecule has 3 nitrogen and oxygen atoms in total. The summed E-state index contributed by atoms with van der Waals surface area (Å²) in [6.45, 7) is 0. The fraction of sp³-hybridized carbons (Fsp3) is 0. The highest BCUT2D eigenvalue weighted by Gasteiger charge is 2.10. The van der Waals surface area contributed by atoms with Gasteiger partial charge < -0.3 is 4.42 Å². The smallest absolute Gasteiger partial charge is 0.277 e. The fourth-order valence-electron chi connectivity index (χ4n) is 1.74. The highest BCUT2D eigenvalue weighted by atomic mass is 16.3. The topological polar surface area (TPSA) is 42.6 Å². The third kappa shape index (κ3) is 1.83. The Hall–Kier alpha value is -2.42. The lowest BCUT2D eigenvalue weighted by Gasteiger charge is -2.01. The van der Waals surface area contributed by atoms with Crippen LogP contribution in [0.3, 0.4) is 0 Å². The summed E-state index contributed by atoms with van der Waals surface area (Å²) in [5.41, 5.74) is 0.540. The maximum atomic E-state index is 11.8. The Kier molecular flexibility index (Phi) is 2.22. The van der Waals surface area contributed by atoms with E-state index in [4.69, 9.17) is 4.42 Å². The van der Waals surface area contributed by atoms with E-state index in [2.05, 4.69) is 4.99 Å². The molecule has 1 aliphatic rings. The number of rotatable bonds is 1. The summed E-state index contributed by atoms with van der Waals surface area (Å²) < 4.78 is 5.18. The van der Waals surface area contributed by atoms with Gasteiger partial charge >= 0.3 is 0 Å². The van der Waals surface area contributed by atoms with Crippen molar-refractivity contribution in [3.8, 4) is 0 Å². The van der Waals surface area contributed by atoms with Gasteiger partial charge in [0.25, 0.3) is 5.91 Å². The zero-order valence-corrected chi connectivity index (χ0v) is 8.96. The molecule has 82 valence electrons. The Bertz CT molecular complexity index is 709. The number of amides is 1. The van der Waals surface area contributed by atoms with Crippen LogP contribution >= 0.6 is 0 Å². The van der Waals surface area contributed by atoms with Crippen molar-refractivity contribution < 1.29 is 9.21 Å². The van der Waals surface area contributed by atoms with Crippen LogP contribution in [-0.4, -0.2) is 5.91 Å². The normalized spacial score (nSPS) is 16.2. The predicted octanol–water partition coefficient (Wildman–Crippen LogP) is 1.30. The van der Waals surface area contributed by atoms with Crippen molar-refractivity contribution in [3.05, 3.63) is 64.6 Å². The van der Waals surface area contributed by atoms with Gasteiger partial charge in [-0.15, -0.1) is 0 Å². The molecule has 0 aliphatic carbocycles. The molecule has 0 unspecified atom stereocenters. The number of hydrogen-bond acceptors (Lipinski definition) is 2. The van der Waals surface area contributed by atoms with Crippen LogP contribution in [0, 0.1) is 0 Å². The first-order chi connectivity index (χ1) is 8.33. The van der Waals surface area contributed by atoms with Crippen LogP contribution < -0.4 is 10.6 Å². The molecule has 2 aromatic rings. The molecule has 0 radical (unpaired) electrons. The van der Waals surface area contributed by atoms with Crippen LogP contribution in [-0.2, 0) is 4.79 Å². The van der Waals surface area contributed by atoms with E-state index in [1.54, 1.807) is 24.5 Å². The number of para-hydroxylation sites is 1. The lowest BCUT2D eigenvalue weighted by molar-refractivity contribution is -0.114. The van der Waals surface area contributed by atoms with Crippen molar-refractivity contribution in [2.24, 2.45) is 4.99 Å². The van der Waals surface area contributed by atoms with Gasteiger partial charge in [-0.25, -0.2) is 4.99 Å². The predicted molar refractivity (Wildman–Crippen MR) is 63.4 cm³/mol. The molecule has 0 N–H and O–H groups in total. The second-order valence-corrected chi connectivity index (χ2v) is 3.74. The third-order valence-electron chi connectivity index (χ3n) is 2.56. The van der Waals surface area contributed by atoms with Gasteiger partial charge in [-0.1, -0.05) is 18.2 Å². The SMILES string of the molecule is O=C1N=c2ccccc2=CC1=Cc1ccco1. The number of fused-ring (bicyclic) bond motifs is 1. The Labute approximate surface area is 97.4 Å². The van der Waals surface area contributed by atoms with Crippen molar-refractivity contribution in [3.63, 3.8) is 0 Å². The number of benzene rings is 1.